The minimum atomic E-state index is -0.486. The minimum Gasteiger partial charge on any atom is -0.258 e. The van der Waals surface area contributed by atoms with Gasteiger partial charge >= 0.3 is 0 Å². The van der Waals surface area contributed by atoms with Crippen LogP contribution in [0.25, 0.3) is 11.1 Å². The molecule has 102 valence electrons. The highest BCUT2D eigenvalue weighted by atomic mass is 79.9. The molecule has 0 unspecified atom stereocenters. The van der Waals surface area contributed by atoms with Gasteiger partial charge in [-0.15, -0.1) is 0 Å². The first kappa shape index (κ1) is 14.6. The van der Waals surface area contributed by atoms with E-state index in [9.17, 15) is 20.2 Å². The van der Waals surface area contributed by atoms with Crippen molar-refractivity contribution in [3.63, 3.8) is 0 Å². The largest absolute Gasteiger partial charge is 0.283 e. The van der Waals surface area contributed by atoms with Crippen molar-refractivity contribution in [2.75, 3.05) is 0 Å². The summed E-state index contributed by atoms with van der Waals surface area (Å²) in [5.41, 5.74) is 1.38. The van der Waals surface area contributed by atoms with Gasteiger partial charge in [0.25, 0.3) is 11.4 Å². The molecule has 2 rings (SSSR count). The second kappa shape index (κ2) is 5.68. The van der Waals surface area contributed by atoms with Gasteiger partial charge < -0.3 is 0 Å². The van der Waals surface area contributed by atoms with Crippen LogP contribution in [-0.2, 0) is 0 Å². The molecule has 0 fully saturated rings. The molecule has 0 aromatic heterocycles. The average molecular weight is 402 g/mol. The molecule has 0 amide bonds. The first-order valence-corrected chi connectivity index (χ1v) is 6.87. The third-order valence-corrected chi connectivity index (χ3v) is 3.89. The van der Waals surface area contributed by atoms with E-state index in [1.165, 1.54) is 12.1 Å². The summed E-state index contributed by atoms with van der Waals surface area (Å²) < 4.78 is 0.712. The van der Waals surface area contributed by atoms with E-state index in [4.69, 9.17) is 0 Å². The van der Waals surface area contributed by atoms with Crippen molar-refractivity contribution in [3.8, 4) is 11.1 Å². The van der Waals surface area contributed by atoms with E-state index in [2.05, 4.69) is 31.9 Å². The fraction of sp³-hybridized carbons (Fsp3) is 0. The Hall–Kier alpha value is -1.80. The quantitative estimate of drug-likeness (QED) is 0.551. The third-order valence-electron chi connectivity index (χ3n) is 2.62. The van der Waals surface area contributed by atoms with Crippen molar-refractivity contribution in [2.45, 2.75) is 0 Å². The molecule has 0 atom stereocenters. The summed E-state index contributed by atoms with van der Waals surface area (Å²) in [6, 6.07) is 9.16. The molecular weight excluding hydrogens is 396 g/mol. The number of rotatable bonds is 3. The molecule has 0 radical (unpaired) electrons. The van der Waals surface area contributed by atoms with Crippen LogP contribution in [0.4, 0.5) is 11.4 Å². The van der Waals surface area contributed by atoms with E-state index in [1.54, 1.807) is 24.3 Å². The zero-order chi connectivity index (χ0) is 14.9. The Labute approximate surface area is 130 Å². The monoisotopic (exact) mass is 400 g/mol. The van der Waals surface area contributed by atoms with E-state index in [0.717, 1.165) is 11.1 Å². The maximum Gasteiger partial charge on any atom is 0.283 e. The zero-order valence-electron chi connectivity index (χ0n) is 9.75. The van der Waals surface area contributed by atoms with Crippen molar-refractivity contribution in [1.29, 1.82) is 0 Å². The van der Waals surface area contributed by atoms with Crippen molar-refractivity contribution in [1.82, 2.24) is 0 Å². The maximum absolute atomic E-state index is 10.7. The Kier molecular flexibility index (Phi) is 4.15. The van der Waals surface area contributed by atoms with Gasteiger partial charge in [-0.2, -0.15) is 0 Å². The Morgan fingerprint density at radius 3 is 1.35 bits per heavy atom. The topological polar surface area (TPSA) is 86.3 Å². The lowest BCUT2D eigenvalue weighted by atomic mass is 10.1. The summed E-state index contributed by atoms with van der Waals surface area (Å²) in [5, 5.41) is 21.5. The molecule has 8 heteroatoms. The van der Waals surface area contributed by atoms with Crippen LogP contribution in [-0.4, -0.2) is 9.85 Å². The van der Waals surface area contributed by atoms with E-state index in [-0.39, 0.29) is 11.4 Å². The van der Waals surface area contributed by atoms with Crippen LogP contribution in [0.5, 0.6) is 0 Å². The van der Waals surface area contributed by atoms with Crippen LogP contribution >= 0.6 is 31.9 Å². The molecule has 20 heavy (non-hydrogen) atoms. The molecule has 0 spiro atoms. The van der Waals surface area contributed by atoms with Crippen molar-refractivity contribution >= 4 is 43.2 Å². The second-order valence-electron chi connectivity index (χ2n) is 3.85. The Balaban J connectivity index is 2.47. The van der Waals surface area contributed by atoms with E-state index < -0.39 is 9.85 Å². The molecule has 0 bridgehead atoms. The second-order valence-corrected chi connectivity index (χ2v) is 5.56. The highest BCUT2D eigenvalue weighted by molar-refractivity contribution is 9.11. The van der Waals surface area contributed by atoms with Crippen LogP contribution < -0.4 is 0 Å². The van der Waals surface area contributed by atoms with Gasteiger partial charge in [-0.25, -0.2) is 0 Å². The summed E-state index contributed by atoms with van der Waals surface area (Å²) in [6.07, 6.45) is 0. The lowest BCUT2D eigenvalue weighted by Gasteiger charge is -2.04. The summed E-state index contributed by atoms with van der Waals surface area (Å²) >= 11 is 6.28. The predicted molar refractivity (Wildman–Crippen MR) is 80.6 cm³/mol. The summed E-state index contributed by atoms with van der Waals surface area (Å²) in [7, 11) is 0. The molecule has 2 aromatic rings. The van der Waals surface area contributed by atoms with Gasteiger partial charge in [0.1, 0.15) is 0 Å². The van der Waals surface area contributed by atoms with Crippen molar-refractivity contribution in [2.24, 2.45) is 0 Å². The van der Waals surface area contributed by atoms with Crippen LogP contribution in [0, 0.1) is 20.2 Å². The number of nitro groups is 2. The lowest BCUT2D eigenvalue weighted by Crippen LogP contribution is -1.91. The predicted octanol–water partition coefficient (Wildman–Crippen LogP) is 4.70. The molecular formula is C12H6Br2N2O4. The van der Waals surface area contributed by atoms with Crippen LogP contribution in [0.2, 0.25) is 0 Å². The maximum atomic E-state index is 10.7. The molecule has 0 aliphatic carbocycles. The van der Waals surface area contributed by atoms with Gasteiger partial charge in [0, 0.05) is 12.1 Å². The summed E-state index contributed by atoms with van der Waals surface area (Å²) in [5.74, 6) is 0. The standard InChI is InChI=1S/C12H6Br2N2O4/c13-9-5-7(1-3-11(9)15(17)18)8-2-4-12(16(19)20)10(14)6-8/h1-6H. The Morgan fingerprint density at radius 1 is 0.750 bits per heavy atom. The van der Waals surface area contributed by atoms with Gasteiger partial charge in [-0.3, -0.25) is 20.2 Å². The SMILES string of the molecule is O=[N+]([O-])c1ccc(-c2ccc([N+](=O)[O-])c(Br)c2)cc1Br. The molecule has 0 saturated heterocycles. The fourth-order valence-electron chi connectivity index (χ4n) is 1.67. The first-order valence-electron chi connectivity index (χ1n) is 5.28. The Morgan fingerprint density at radius 2 is 1.10 bits per heavy atom. The highest BCUT2D eigenvalue weighted by Gasteiger charge is 2.15. The van der Waals surface area contributed by atoms with Gasteiger partial charge in [0.2, 0.25) is 0 Å². The molecule has 0 N–H and O–H groups in total. The van der Waals surface area contributed by atoms with E-state index >= 15 is 0 Å². The lowest BCUT2D eigenvalue weighted by molar-refractivity contribution is -0.385. The smallest absolute Gasteiger partial charge is 0.258 e. The molecule has 0 heterocycles. The first-order chi connectivity index (χ1) is 9.40. The van der Waals surface area contributed by atoms with E-state index in [1.807, 2.05) is 0 Å². The van der Waals surface area contributed by atoms with Crippen LogP contribution in [0.3, 0.4) is 0 Å². The molecule has 0 aliphatic rings. The number of halogens is 2. The summed E-state index contributed by atoms with van der Waals surface area (Å²) in [6.45, 7) is 0. The number of hydrogen-bond donors (Lipinski definition) is 0. The van der Waals surface area contributed by atoms with Crippen LogP contribution in [0.15, 0.2) is 45.3 Å². The molecule has 6 nitrogen and oxygen atoms in total. The Bertz CT molecular complexity index is 657. The van der Waals surface area contributed by atoms with Crippen molar-refractivity contribution < 1.29 is 9.85 Å². The van der Waals surface area contributed by atoms with Crippen LogP contribution in [0.1, 0.15) is 0 Å². The highest BCUT2D eigenvalue weighted by Crippen LogP contribution is 2.34. The number of nitro benzene ring substituents is 2. The number of nitrogens with zero attached hydrogens (tertiary/aromatic N) is 2. The molecule has 0 saturated carbocycles. The van der Waals surface area contributed by atoms with Gasteiger partial charge in [0.15, 0.2) is 0 Å². The molecule has 2 aromatic carbocycles. The zero-order valence-corrected chi connectivity index (χ0v) is 12.9. The van der Waals surface area contributed by atoms with E-state index in [0.29, 0.717) is 8.95 Å². The van der Waals surface area contributed by atoms with Crippen molar-refractivity contribution in [3.05, 3.63) is 65.6 Å². The van der Waals surface area contributed by atoms with Gasteiger partial charge in [-0.05, 0) is 67.3 Å². The number of benzene rings is 2. The fourth-order valence-corrected chi connectivity index (χ4v) is 2.72. The van der Waals surface area contributed by atoms with Gasteiger partial charge in [-0.1, -0.05) is 0 Å². The van der Waals surface area contributed by atoms with Gasteiger partial charge in [0.05, 0.1) is 18.8 Å². The number of hydrogen-bond acceptors (Lipinski definition) is 4. The average Bonchev–Trinajstić information content (AvgIpc) is 2.37. The molecule has 0 aliphatic heterocycles. The third kappa shape index (κ3) is 2.86. The summed E-state index contributed by atoms with van der Waals surface area (Å²) in [4.78, 5) is 20.5. The normalized spacial score (nSPS) is 10.3. The minimum absolute atomic E-state index is 0.0327.